The van der Waals surface area contributed by atoms with Crippen molar-refractivity contribution in [2.24, 2.45) is 0 Å². The summed E-state index contributed by atoms with van der Waals surface area (Å²) in [7, 11) is 0. The Labute approximate surface area is 145 Å². The maximum atomic E-state index is 11.7. The molecule has 2 aromatic rings. The first-order chi connectivity index (χ1) is 10.5. The molecule has 2 rings (SSSR count). The molecule has 1 heterocycles. The number of amides is 1. The predicted octanol–water partition coefficient (Wildman–Crippen LogP) is 4.28. The van der Waals surface area contributed by atoms with Crippen LogP contribution >= 0.6 is 38.9 Å². The van der Waals surface area contributed by atoms with Crippen molar-refractivity contribution in [2.75, 3.05) is 11.9 Å². The fourth-order valence-electron chi connectivity index (χ4n) is 1.68. The Bertz CT molecular complexity index is 661. The van der Waals surface area contributed by atoms with Crippen molar-refractivity contribution in [3.8, 4) is 0 Å². The number of nitrogens with one attached hydrogen (secondary N) is 1. The van der Waals surface area contributed by atoms with Crippen LogP contribution in [0.25, 0.3) is 0 Å². The summed E-state index contributed by atoms with van der Waals surface area (Å²) in [5.74, 6) is -0.820. The molecule has 1 aromatic heterocycles. The van der Waals surface area contributed by atoms with Crippen molar-refractivity contribution in [3.63, 3.8) is 0 Å². The molecule has 0 aliphatic carbocycles. The van der Waals surface area contributed by atoms with Gasteiger partial charge in [-0.15, -0.1) is 11.3 Å². The van der Waals surface area contributed by atoms with Crippen LogP contribution in [0.4, 0.5) is 5.69 Å². The van der Waals surface area contributed by atoms with E-state index in [1.165, 1.54) is 0 Å². The number of aryl methyl sites for hydroxylation is 1. The fraction of sp³-hybridized carbons (Fsp3) is 0.200. The number of hydrogen-bond donors (Lipinski definition) is 1. The minimum atomic E-state index is -0.423. The molecule has 7 heteroatoms. The molecule has 0 radical (unpaired) electrons. The zero-order valence-corrected chi connectivity index (χ0v) is 14.6. The molecule has 0 saturated carbocycles. The monoisotopic (exact) mass is 401 g/mol. The highest BCUT2D eigenvalue weighted by molar-refractivity contribution is 9.10. The van der Waals surface area contributed by atoms with Crippen LogP contribution in [-0.2, 0) is 20.7 Å². The summed E-state index contributed by atoms with van der Waals surface area (Å²) >= 11 is 10.9. The van der Waals surface area contributed by atoms with Gasteiger partial charge in [0.2, 0.25) is 0 Å². The smallest absolute Gasteiger partial charge is 0.306 e. The van der Waals surface area contributed by atoms with Crippen LogP contribution in [0.2, 0.25) is 5.02 Å². The highest BCUT2D eigenvalue weighted by Crippen LogP contribution is 2.25. The Morgan fingerprint density at radius 1 is 1.32 bits per heavy atom. The molecule has 1 aromatic carbocycles. The summed E-state index contributed by atoms with van der Waals surface area (Å²) < 4.78 is 5.75. The summed E-state index contributed by atoms with van der Waals surface area (Å²) in [6.07, 6.45) is 0.878. The van der Waals surface area contributed by atoms with Crippen molar-refractivity contribution in [1.29, 1.82) is 0 Å². The molecule has 1 N–H and O–H groups in total. The number of esters is 1. The van der Waals surface area contributed by atoms with Gasteiger partial charge in [0, 0.05) is 9.35 Å². The molecular weight excluding hydrogens is 390 g/mol. The number of hydrogen-bond acceptors (Lipinski definition) is 4. The maximum Gasteiger partial charge on any atom is 0.306 e. The maximum absolute atomic E-state index is 11.7. The van der Waals surface area contributed by atoms with Gasteiger partial charge in [0.25, 0.3) is 5.91 Å². The summed E-state index contributed by atoms with van der Waals surface area (Å²) in [6.45, 7) is -0.324. The van der Waals surface area contributed by atoms with E-state index in [1.54, 1.807) is 29.5 Å². The Kier molecular flexibility index (Phi) is 6.42. The van der Waals surface area contributed by atoms with Gasteiger partial charge >= 0.3 is 5.97 Å². The quantitative estimate of drug-likeness (QED) is 0.734. The van der Waals surface area contributed by atoms with Gasteiger partial charge in [0.15, 0.2) is 6.61 Å². The largest absolute Gasteiger partial charge is 0.456 e. The number of carbonyl (C=O) groups is 2. The molecule has 0 aliphatic heterocycles. The van der Waals surface area contributed by atoms with Crippen molar-refractivity contribution in [2.45, 2.75) is 12.8 Å². The third-order valence-corrected chi connectivity index (χ3v) is 4.47. The minimum Gasteiger partial charge on any atom is -0.456 e. The molecule has 0 unspecified atom stereocenters. The van der Waals surface area contributed by atoms with Gasteiger partial charge in [-0.2, -0.15) is 0 Å². The molecule has 1 amide bonds. The lowest BCUT2D eigenvalue weighted by molar-refractivity contribution is -0.147. The number of halogens is 2. The van der Waals surface area contributed by atoms with Gasteiger partial charge in [-0.05, 0) is 36.1 Å². The number of rotatable bonds is 6. The molecule has 0 bridgehead atoms. The lowest BCUT2D eigenvalue weighted by Crippen LogP contribution is -2.21. The molecule has 0 aliphatic rings. The molecule has 0 fully saturated rings. The van der Waals surface area contributed by atoms with E-state index in [0.717, 1.165) is 9.35 Å². The molecule has 0 saturated heterocycles. The average Bonchev–Trinajstić information content (AvgIpc) is 2.99. The summed E-state index contributed by atoms with van der Waals surface area (Å²) in [5, 5.41) is 4.96. The van der Waals surface area contributed by atoms with E-state index < -0.39 is 11.9 Å². The van der Waals surface area contributed by atoms with Crippen LogP contribution < -0.4 is 5.32 Å². The van der Waals surface area contributed by atoms with Crippen molar-refractivity contribution in [1.82, 2.24) is 0 Å². The first kappa shape index (κ1) is 17.0. The number of carbonyl (C=O) groups excluding carboxylic acids is 2. The van der Waals surface area contributed by atoms with Gasteiger partial charge < -0.3 is 10.1 Å². The lowest BCUT2D eigenvalue weighted by Gasteiger charge is -2.08. The Morgan fingerprint density at radius 2 is 2.14 bits per heavy atom. The molecule has 0 atom stereocenters. The Morgan fingerprint density at radius 3 is 2.82 bits per heavy atom. The van der Waals surface area contributed by atoms with E-state index in [9.17, 15) is 9.59 Å². The average molecular weight is 403 g/mol. The van der Waals surface area contributed by atoms with Gasteiger partial charge in [-0.1, -0.05) is 33.6 Å². The second-order valence-electron chi connectivity index (χ2n) is 4.41. The van der Waals surface area contributed by atoms with Crippen molar-refractivity contribution in [3.05, 3.63) is 50.1 Å². The third kappa shape index (κ3) is 5.44. The van der Waals surface area contributed by atoms with Crippen LogP contribution in [0.15, 0.2) is 40.2 Å². The molecule has 22 heavy (non-hydrogen) atoms. The highest BCUT2D eigenvalue weighted by Gasteiger charge is 2.10. The van der Waals surface area contributed by atoms with Crippen LogP contribution in [0.1, 0.15) is 11.3 Å². The van der Waals surface area contributed by atoms with E-state index in [4.69, 9.17) is 16.3 Å². The summed E-state index contributed by atoms with van der Waals surface area (Å²) in [6, 6.07) is 8.99. The topological polar surface area (TPSA) is 55.4 Å². The molecular formula is C15H13BrClNO3S. The van der Waals surface area contributed by atoms with Gasteiger partial charge in [-0.25, -0.2) is 0 Å². The van der Waals surface area contributed by atoms with Gasteiger partial charge in [0.05, 0.1) is 17.1 Å². The Balaban J connectivity index is 1.74. The van der Waals surface area contributed by atoms with Gasteiger partial charge in [-0.3, -0.25) is 9.59 Å². The van der Waals surface area contributed by atoms with Crippen LogP contribution in [0.3, 0.4) is 0 Å². The van der Waals surface area contributed by atoms with Crippen LogP contribution in [0.5, 0.6) is 0 Å². The van der Waals surface area contributed by atoms with Crippen molar-refractivity contribution < 1.29 is 14.3 Å². The van der Waals surface area contributed by atoms with E-state index in [2.05, 4.69) is 21.2 Å². The van der Waals surface area contributed by atoms with E-state index >= 15 is 0 Å². The number of anilines is 1. The third-order valence-electron chi connectivity index (χ3n) is 2.73. The zero-order chi connectivity index (χ0) is 15.9. The van der Waals surface area contributed by atoms with Crippen LogP contribution in [0, 0.1) is 0 Å². The molecule has 116 valence electrons. The first-order valence-electron chi connectivity index (χ1n) is 6.47. The molecule has 4 nitrogen and oxygen atoms in total. The second-order valence-corrected chi connectivity index (χ2v) is 6.77. The van der Waals surface area contributed by atoms with Crippen LogP contribution in [-0.4, -0.2) is 18.5 Å². The number of thiophene rings is 1. The summed E-state index contributed by atoms with van der Waals surface area (Å²) in [4.78, 5) is 24.4. The minimum absolute atomic E-state index is 0.257. The number of benzene rings is 1. The van der Waals surface area contributed by atoms with E-state index in [-0.39, 0.29) is 13.0 Å². The van der Waals surface area contributed by atoms with E-state index in [0.29, 0.717) is 17.1 Å². The molecule has 0 spiro atoms. The lowest BCUT2D eigenvalue weighted by atomic mass is 10.3. The highest BCUT2D eigenvalue weighted by atomic mass is 79.9. The first-order valence-corrected chi connectivity index (χ1v) is 8.52. The fourth-order valence-corrected chi connectivity index (χ4v) is 3.11. The normalized spacial score (nSPS) is 10.3. The van der Waals surface area contributed by atoms with E-state index in [1.807, 2.05) is 17.5 Å². The zero-order valence-electron chi connectivity index (χ0n) is 11.5. The van der Waals surface area contributed by atoms with Gasteiger partial charge in [0.1, 0.15) is 0 Å². The number of ether oxygens (including phenoxy) is 1. The van der Waals surface area contributed by atoms with Crippen molar-refractivity contribution >= 4 is 56.4 Å². The standard InChI is InChI=1S/C15H13BrClNO3S/c16-10-3-5-13(12(17)8-10)18-14(19)9-21-15(20)6-4-11-2-1-7-22-11/h1-3,5,7-8H,4,6,9H2,(H,18,19). The Hall–Kier alpha value is -1.37. The second kappa shape index (κ2) is 8.31. The predicted molar refractivity (Wildman–Crippen MR) is 91.4 cm³/mol. The SMILES string of the molecule is O=C(COC(=O)CCc1cccs1)Nc1ccc(Br)cc1Cl. The summed E-state index contributed by atoms with van der Waals surface area (Å²) in [5.41, 5.74) is 0.476.